The van der Waals surface area contributed by atoms with Crippen LogP contribution in [0.4, 0.5) is 0 Å². The van der Waals surface area contributed by atoms with E-state index in [0.717, 1.165) is 17.9 Å². The van der Waals surface area contributed by atoms with E-state index < -0.39 is 0 Å². The molecular weight excluding hydrogens is 328 g/mol. The molecule has 0 aromatic carbocycles. The number of carbonyl (C=O) groups is 1. The van der Waals surface area contributed by atoms with E-state index in [4.69, 9.17) is 4.42 Å². The lowest BCUT2D eigenvalue weighted by Crippen LogP contribution is -2.49. The first kappa shape index (κ1) is 17.1. The molecule has 1 amide bonds. The Kier molecular flexibility index (Phi) is 3.86. The van der Waals surface area contributed by atoms with E-state index in [1.54, 1.807) is 6.07 Å². The van der Waals surface area contributed by atoms with Gasteiger partial charge in [0, 0.05) is 42.7 Å². The van der Waals surface area contributed by atoms with Gasteiger partial charge in [-0.25, -0.2) is 0 Å². The van der Waals surface area contributed by atoms with E-state index in [-0.39, 0.29) is 22.8 Å². The molecule has 5 nitrogen and oxygen atoms in total. The summed E-state index contributed by atoms with van der Waals surface area (Å²) in [7, 11) is 0. The van der Waals surface area contributed by atoms with Gasteiger partial charge in [0.05, 0.1) is 5.56 Å². The van der Waals surface area contributed by atoms with Crippen LogP contribution in [-0.2, 0) is 12.0 Å². The number of fused-ring (bicyclic) bond motifs is 4. The van der Waals surface area contributed by atoms with Gasteiger partial charge in [-0.1, -0.05) is 26.8 Å². The highest BCUT2D eigenvalue weighted by Gasteiger charge is 2.37. The maximum absolute atomic E-state index is 13.2. The van der Waals surface area contributed by atoms with Crippen LogP contribution in [-0.4, -0.2) is 28.5 Å². The number of carbonyl (C=O) groups excluding carboxylic acids is 1. The van der Waals surface area contributed by atoms with Crippen LogP contribution >= 0.6 is 0 Å². The first-order chi connectivity index (χ1) is 12.2. The Bertz CT molecular complexity index is 916. The zero-order chi connectivity index (χ0) is 18.6. The van der Waals surface area contributed by atoms with Crippen LogP contribution in [0, 0.1) is 12.8 Å². The largest absolute Gasteiger partial charge is 0.465 e. The first-order valence-electron chi connectivity index (χ1n) is 9.34. The first-order valence-corrected chi connectivity index (χ1v) is 9.34. The van der Waals surface area contributed by atoms with Crippen molar-refractivity contribution in [2.75, 3.05) is 13.1 Å². The van der Waals surface area contributed by atoms with Gasteiger partial charge in [-0.15, -0.1) is 0 Å². The van der Waals surface area contributed by atoms with Crippen molar-refractivity contribution in [3.05, 3.63) is 57.4 Å². The molecule has 2 atom stereocenters. The Morgan fingerprint density at radius 1 is 1.19 bits per heavy atom. The van der Waals surface area contributed by atoms with E-state index in [0.29, 0.717) is 36.9 Å². The normalized spacial score (nSPS) is 22.2. The smallest absolute Gasteiger partial charge is 0.257 e. The third kappa shape index (κ3) is 2.79. The summed E-state index contributed by atoms with van der Waals surface area (Å²) < 4.78 is 7.75. The average molecular weight is 354 g/mol. The molecule has 0 radical (unpaired) electrons. The molecule has 2 bridgehead atoms. The lowest BCUT2D eigenvalue weighted by Gasteiger charge is -2.42. The van der Waals surface area contributed by atoms with Crippen molar-refractivity contribution in [3.63, 3.8) is 0 Å². The molecule has 2 aromatic heterocycles. The average Bonchev–Trinajstić information content (AvgIpc) is 2.97. The highest BCUT2D eigenvalue weighted by molar-refractivity contribution is 5.95. The van der Waals surface area contributed by atoms with Gasteiger partial charge in [0.2, 0.25) is 0 Å². The van der Waals surface area contributed by atoms with E-state index in [1.165, 1.54) is 0 Å². The maximum Gasteiger partial charge on any atom is 0.257 e. The lowest BCUT2D eigenvalue weighted by atomic mass is 9.83. The van der Waals surface area contributed by atoms with Crippen LogP contribution < -0.4 is 5.56 Å². The minimum absolute atomic E-state index is 0.0446. The number of pyridine rings is 1. The van der Waals surface area contributed by atoms with Gasteiger partial charge < -0.3 is 13.9 Å². The predicted molar refractivity (Wildman–Crippen MR) is 99.6 cm³/mol. The molecule has 2 unspecified atom stereocenters. The second kappa shape index (κ2) is 5.86. The second-order valence-electron chi connectivity index (χ2n) is 8.74. The van der Waals surface area contributed by atoms with Crippen molar-refractivity contribution in [1.82, 2.24) is 9.47 Å². The molecule has 2 aliphatic rings. The zero-order valence-electron chi connectivity index (χ0n) is 15.9. The van der Waals surface area contributed by atoms with Gasteiger partial charge >= 0.3 is 0 Å². The number of nitrogens with zero attached hydrogens (tertiary/aromatic N) is 2. The summed E-state index contributed by atoms with van der Waals surface area (Å²) in [5.41, 5.74) is 1.67. The number of amides is 1. The Morgan fingerprint density at radius 3 is 2.65 bits per heavy atom. The number of likely N-dealkylation sites (tertiary alicyclic amines) is 1. The molecule has 1 saturated heterocycles. The summed E-state index contributed by atoms with van der Waals surface area (Å²) in [5.74, 6) is 2.14. The van der Waals surface area contributed by atoms with Gasteiger partial charge in [0.15, 0.2) is 0 Å². The number of aryl methyl sites for hydroxylation is 1. The van der Waals surface area contributed by atoms with Gasteiger partial charge in [-0.2, -0.15) is 0 Å². The summed E-state index contributed by atoms with van der Waals surface area (Å²) in [6, 6.07) is 7.37. The Morgan fingerprint density at radius 2 is 1.96 bits per heavy atom. The fraction of sp³-hybridized carbons (Fsp3) is 0.524. The Balaban J connectivity index is 1.62. The molecule has 0 aliphatic carbocycles. The van der Waals surface area contributed by atoms with E-state index in [9.17, 15) is 9.59 Å². The number of hydrogen-bond acceptors (Lipinski definition) is 3. The Labute approximate surface area is 153 Å². The molecule has 138 valence electrons. The van der Waals surface area contributed by atoms with Gasteiger partial charge in [-0.05, 0) is 31.4 Å². The van der Waals surface area contributed by atoms with E-state index in [1.807, 2.05) is 34.6 Å². The minimum Gasteiger partial charge on any atom is -0.465 e. The third-order valence-corrected chi connectivity index (χ3v) is 5.65. The molecule has 1 fully saturated rings. The highest BCUT2D eigenvalue weighted by Crippen LogP contribution is 2.36. The number of hydrogen-bond donors (Lipinski definition) is 0. The quantitative estimate of drug-likeness (QED) is 0.789. The van der Waals surface area contributed by atoms with Crippen LogP contribution in [0.1, 0.15) is 60.7 Å². The molecule has 2 aliphatic heterocycles. The van der Waals surface area contributed by atoms with Crippen molar-refractivity contribution in [2.24, 2.45) is 5.92 Å². The third-order valence-electron chi connectivity index (χ3n) is 5.65. The van der Waals surface area contributed by atoms with Crippen LogP contribution in [0.2, 0.25) is 0 Å². The highest BCUT2D eigenvalue weighted by atomic mass is 16.3. The topological polar surface area (TPSA) is 55.5 Å². The number of rotatable bonds is 1. The van der Waals surface area contributed by atoms with Gasteiger partial charge in [-0.3, -0.25) is 9.59 Å². The van der Waals surface area contributed by atoms with Gasteiger partial charge in [0.1, 0.15) is 11.5 Å². The molecule has 2 aromatic rings. The van der Waals surface area contributed by atoms with Crippen LogP contribution in [0.25, 0.3) is 0 Å². The van der Waals surface area contributed by atoms with Crippen LogP contribution in [0.3, 0.4) is 0 Å². The number of furan rings is 1. The molecule has 0 saturated carbocycles. The minimum atomic E-state index is -0.123. The molecule has 4 heterocycles. The zero-order valence-corrected chi connectivity index (χ0v) is 15.9. The Hall–Kier alpha value is -2.30. The van der Waals surface area contributed by atoms with Crippen molar-refractivity contribution < 1.29 is 9.21 Å². The maximum atomic E-state index is 13.2. The lowest BCUT2D eigenvalue weighted by molar-refractivity contribution is 0.0593. The predicted octanol–water partition coefficient (Wildman–Crippen LogP) is 3.31. The van der Waals surface area contributed by atoms with E-state index in [2.05, 4.69) is 20.8 Å². The van der Waals surface area contributed by atoms with Crippen molar-refractivity contribution in [3.8, 4) is 0 Å². The van der Waals surface area contributed by atoms with Crippen LogP contribution in [0.5, 0.6) is 0 Å². The summed E-state index contributed by atoms with van der Waals surface area (Å²) in [6.45, 7) is 10.2. The fourth-order valence-corrected chi connectivity index (χ4v) is 4.30. The van der Waals surface area contributed by atoms with Crippen LogP contribution in [0.15, 0.2) is 33.5 Å². The SMILES string of the molecule is Cc1oc(C(C)(C)C)cc1C(=O)N1CC2CC(C1)c1cccc(=O)n1C2. The summed E-state index contributed by atoms with van der Waals surface area (Å²) >= 11 is 0. The standard InChI is InChI=1S/C21H26N2O3/c1-13-16(9-18(26-13)21(2,3)4)20(25)22-10-14-8-15(12-22)17-6-5-7-19(24)23(17)11-14/h5-7,9,14-15H,8,10-12H2,1-4H3. The summed E-state index contributed by atoms with van der Waals surface area (Å²) in [6.07, 6.45) is 1.05. The number of piperidine rings is 1. The fourth-order valence-electron chi connectivity index (χ4n) is 4.30. The van der Waals surface area contributed by atoms with Gasteiger partial charge in [0.25, 0.3) is 11.5 Å². The summed E-state index contributed by atoms with van der Waals surface area (Å²) in [4.78, 5) is 27.3. The molecule has 0 spiro atoms. The molecule has 26 heavy (non-hydrogen) atoms. The van der Waals surface area contributed by atoms with Crippen molar-refractivity contribution in [2.45, 2.75) is 52.0 Å². The van der Waals surface area contributed by atoms with Crippen molar-refractivity contribution in [1.29, 1.82) is 0 Å². The van der Waals surface area contributed by atoms with E-state index >= 15 is 0 Å². The molecule has 0 N–H and O–H groups in total. The summed E-state index contributed by atoms with van der Waals surface area (Å²) in [5, 5.41) is 0. The second-order valence-corrected chi connectivity index (χ2v) is 8.74. The van der Waals surface area contributed by atoms with Crippen molar-refractivity contribution >= 4 is 5.91 Å². The monoisotopic (exact) mass is 354 g/mol. The molecular formula is C21H26N2O3. The molecule has 4 rings (SSSR count). The number of aromatic nitrogens is 1. The molecule has 5 heteroatoms.